The summed E-state index contributed by atoms with van der Waals surface area (Å²) in [5.41, 5.74) is 3.65. The number of hydrogen-bond acceptors (Lipinski definition) is 5. The Kier molecular flexibility index (Phi) is 8.42. The van der Waals surface area contributed by atoms with Crippen molar-refractivity contribution >= 4 is 11.0 Å². The lowest BCUT2D eigenvalue weighted by Gasteiger charge is -2.19. The number of aromatic nitrogens is 3. The topological polar surface area (TPSA) is 75.0 Å². The van der Waals surface area contributed by atoms with Gasteiger partial charge in [0.2, 0.25) is 0 Å². The zero-order valence-corrected chi connectivity index (χ0v) is 19.1. The number of nitrogens with one attached hydrogen (secondary N) is 2. The van der Waals surface area contributed by atoms with Crippen molar-refractivity contribution in [1.29, 1.82) is 0 Å². The Bertz CT molecular complexity index is 830. The fraction of sp³-hybridized carbons (Fsp3) is 0.667. The first kappa shape index (κ1) is 22.9. The van der Waals surface area contributed by atoms with E-state index in [0.29, 0.717) is 5.92 Å². The average Bonchev–Trinajstić information content (AvgIpc) is 3.27. The highest BCUT2D eigenvalue weighted by Gasteiger charge is 2.40. The fourth-order valence-electron chi connectivity index (χ4n) is 4.61. The minimum absolute atomic E-state index is 0.0843. The zero-order chi connectivity index (χ0) is 21.5. The highest BCUT2D eigenvalue weighted by Crippen LogP contribution is 2.41. The molecule has 3 N–H and O–H groups in total. The predicted octanol–water partition coefficient (Wildman–Crippen LogP) is 3.48. The van der Waals surface area contributed by atoms with E-state index in [1.165, 1.54) is 11.1 Å². The van der Waals surface area contributed by atoms with Gasteiger partial charge in [-0.05, 0) is 83.1 Å². The number of hydrogen-bond donors (Lipinski definition) is 3. The van der Waals surface area contributed by atoms with Gasteiger partial charge in [-0.25, -0.2) is 9.97 Å². The van der Waals surface area contributed by atoms with Crippen molar-refractivity contribution in [2.24, 2.45) is 11.8 Å². The standard InChI is InChI=1S/C24H39N5O/c1-5-17(3)8-11-25-9-7-10-26-13-20-12-22(23(30)18(20)4)29-15-19(6-2)21-14-27-16-28-24(21)29/h5,14-16,18,20,22-23,25-26,30H,6-13H2,1-4H3/b17-5+/t18-,20-,22-,23-/m1/s1. The Morgan fingerprint density at radius 1 is 1.30 bits per heavy atom. The minimum Gasteiger partial charge on any atom is -0.391 e. The summed E-state index contributed by atoms with van der Waals surface area (Å²) in [5, 5.41) is 19.2. The van der Waals surface area contributed by atoms with E-state index in [4.69, 9.17) is 0 Å². The molecule has 2 aromatic rings. The second-order valence-corrected chi connectivity index (χ2v) is 8.78. The molecule has 0 unspecified atom stereocenters. The third-order valence-electron chi connectivity index (χ3n) is 6.84. The van der Waals surface area contributed by atoms with Gasteiger partial charge in [0.25, 0.3) is 0 Å². The van der Waals surface area contributed by atoms with Crippen molar-refractivity contribution in [3.8, 4) is 0 Å². The highest BCUT2D eigenvalue weighted by molar-refractivity contribution is 5.79. The van der Waals surface area contributed by atoms with E-state index in [1.54, 1.807) is 6.33 Å². The van der Waals surface area contributed by atoms with Crippen LogP contribution in [-0.4, -0.2) is 51.9 Å². The van der Waals surface area contributed by atoms with Crippen LogP contribution in [0.25, 0.3) is 11.0 Å². The molecule has 1 saturated carbocycles. The summed E-state index contributed by atoms with van der Waals surface area (Å²) in [4.78, 5) is 8.72. The Morgan fingerprint density at radius 3 is 2.87 bits per heavy atom. The number of aryl methyl sites for hydroxylation is 1. The number of aliphatic hydroxyl groups is 1. The van der Waals surface area contributed by atoms with Crippen LogP contribution in [0, 0.1) is 11.8 Å². The lowest BCUT2D eigenvalue weighted by Crippen LogP contribution is -2.29. The van der Waals surface area contributed by atoms with Crippen LogP contribution in [0.5, 0.6) is 0 Å². The van der Waals surface area contributed by atoms with Gasteiger partial charge in [0, 0.05) is 17.8 Å². The monoisotopic (exact) mass is 413 g/mol. The van der Waals surface area contributed by atoms with E-state index in [0.717, 1.165) is 62.9 Å². The average molecular weight is 414 g/mol. The number of rotatable bonds is 11. The molecule has 0 amide bonds. The molecule has 0 radical (unpaired) electrons. The van der Waals surface area contributed by atoms with Crippen molar-refractivity contribution in [1.82, 2.24) is 25.2 Å². The van der Waals surface area contributed by atoms with Crippen molar-refractivity contribution < 1.29 is 5.11 Å². The third kappa shape index (κ3) is 5.29. The van der Waals surface area contributed by atoms with Crippen LogP contribution in [0.15, 0.2) is 30.4 Å². The Hall–Kier alpha value is -1.76. The number of fused-ring (bicyclic) bond motifs is 1. The first-order valence-corrected chi connectivity index (χ1v) is 11.6. The molecule has 6 nitrogen and oxygen atoms in total. The molecule has 166 valence electrons. The first-order valence-electron chi connectivity index (χ1n) is 11.6. The van der Waals surface area contributed by atoms with Gasteiger partial charge in [-0.1, -0.05) is 25.5 Å². The van der Waals surface area contributed by atoms with Crippen LogP contribution in [0.1, 0.15) is 58.6 Å². The minimum atomic E-state index is -0.344. The molecular weight excluding hydrogens is 374 g/mol. The molecule has 1 fully saturated rings. The molecule has 2 heterocycles. The molecule has 3 rings (SSSR count). The highest BCUT2D eigenvalue weighted by atomic mass is 16.3. The van der Waals surface area contributed by atoms with Crippen molar-refractivity contribution in [2.75, 3.05) is 26.2 Å². The number of nitrogens with zero attached hydrogens (tertiary/aromatic N) is 3. The fourth-order valence-corrected chi connectivity index (χ4v) is 4.61. The Labute approximate surface area is 181 Å². The van der Waals surface area contributed by atoms with Gasteiger partial charge < -0.3 is 20.3 Å². The van der Waals surface area contributed by atoms with E-state index in [2.05, 4.69) is 65.1 Å². The largest absolute Gasteiger partial charge is 0.391 e. The van der Waals surface area contributed by atoms with Crippen molar-refractivity contribution in [2.45, 2.75) is 65.5 Å². The second-order valence-electron chi connectivity index (χ2n) is 8.78. The summed E-state index contributed by atoms with van der Waals surface area (Å²) >= 11 is 0. The molecular formula is C24H39N5O. The van der Waals surface area contributed by atoms with Gasteiger partial charge in [0.15, 0.2) is 0 Å². The van der Waals surface area contributed by atoms with E-state index >= 15 is 0 Å². The lowest BCUT2D eigenvalue weighted by atomic mass is 9.97. The smallest absolute Gasteiger partial charge is 0.143 e. The van der Waals surface area contributed by atoms with Crippen LogP contribution in [0.4, 0.5) is 0 Å². The summed E-state index contributed by atoms with van der Waals surface area (Å²) in [6, 6.07) is 0.0843. The summed E-state index contributed by atoms with van der Waals surface area (Å²) in [7, 11) is 0. The molecule has 0 bridgehead atoms. The molecule has 1 aliphatic carbocycles. The van der Waals surface area contributed by atoms with Gasteiger partial charge >= 0.3 is 0 Å². The van der Waals surface area contributed by atoms with Gasteiger partial charge in [-0.15, -0.1) is 0 Å². The molecule has 6 heteroatoms. The van der Waals surface area contributed by atoms with Crippen LogP contribution in [-0.2, 0) is 6.42 Å². The summed E-state index contributed by atoms with van der Waals surface area (Å²) in [6.07, 6.45) is 11.7. The summed E-state index contributed by atoms with van der Waals surface area (Å²) in [6.45, 7) is 12.7. The number of allylic oxidation sites excluding steroid dienone is 1. The summed E-state index contributed by atoms with van der Waals surface area (Å²) < 4.78 is 2.20. The molecule has 30 heavy (non-hydrogen) atoms. The van der Waals surface area contributed by atoms with Crippen molar-refractivity contribution in [3.63, 3.8) is 0 Å². The predicted molar refractivity (Wildman–Crippen MR) is 124 cm³/mol. The zero-order valence-electron chi connectivity index (χ0n) is 19.1. The SMILES string of the molecule is C/C=C(\C)CCNCCCNC[C@H]1C[C@@H](n2cc(CC)c3cncnc32)[C@H](O)[C@@H]1C. The van der Waals surface area contributed by atoms with Gasteiger partial charge in [0.05, 0.1) is 12.1 Å². The van der Waals surface area contributed by atoms with E-state index < -0.39 is 0 Å². The molecule has 1 aliphatic rings. The molecule has 4 atom stereocenters. The van der Waals surface area contributed by atoms with Gasteiger partial charge in [0.1, 0.15) is 12.0 Å². The van der Waals surface area contributed by atoms with E-state index in [1.807, 2.05) is 6.20 Å². The van der Waals surface area contributed by atoms with Gasteiger partial charge in [-0.2, -0.15) is 0 Å². The van der Waals surface area contributed by atoms with Crippen molar-refractivity contribution in [3.05, 3.63) is 35.9 Å². The molecule has 0 saturated heterocycles. The molecule has 0 aliphatic heterocycles. The second kappa shape index (κ2) is 11.0. The van der Waals surface area contributed by atoms with E-state index in [9.17, 15) is 5.11 Å². The van der Waals surface area contributed by atoms with Crippen LogP contribution in [0.3, 0.4) is 0 Å². The summed E-state index contributed by atoms with van der Waals surface area (Å²) in [5.74, 6) is 0.744. The molecule has 0 spiro atoms. The maximum absolute atomic E-state index is 11.0. The third-order valence-corrected chi connectivity index (χ3v) is 6.84. The number of aliphatic hydroxyl groups excluding tert-OH is 1. The van der Waals surface area contributed by atoms with E-state index in [-0.39, 0.29) is 18.1 Å². The Morgan fingerprint density at radius 2 is 2.10 bits per heavy atom. The molecule has 0 aromatic carbocycles. The van der Waals surface area contributed by atoms with Gasteiger partial charge in [-0.3, -0.25) is 0 Å². The van der Waals surface area contributed by atoms with Crippen LogP contribution < -0.4 is 10.6 Å². The van der Waals surface area contributed by atoms with Crippen LogP contribution in [0.2, 0.25) is 0 Å². The Balaban J connectivity index is 1.48. The lowest BCUT2D eigenvalue weighted by molar-refractivity contribution is 0.0955. The first-order chi connectivity index (χ1) is 14.6. The van der Waals surface area contributed by atoms with Crippen LogP contribution >= 0.6 is 0 Å². The molecule has 2 aromatic heterocycles. The maximum atomic E-state index is 11.0. The maximum Gasteiger partial charge on any atom is 0.143 e. The normalized spacial score (nSPS) is 24.8. The quantitative estimate of drug-likeness (QED) is 0.388.